The average molecular weight is 372 g/mol. The molecule has 0 saturated heterocycles. The summed E-state index contributed by atoms with van der Waals surface area (Å²) in [6.45, 7) is 1.50. The molecule has 3 rings (SSSR count). The monoisotopic (exact) mass is 372 g/mol. The van der Waals surface area contributed by atoms with Gasteiger partial charge in [-0.2, -0.15) is 4.31 Å². The highest BCUT2D eigenvalue weighted by Crippen LogP contribution is 2.29. The van der Waals surface area contributed by atoms with Crippen molar-refractivity contribution < 1.29 is 18.0 Å². The number of hydrogen-bond donors (Lipinski definition) is 1. The lowest BCUT2D eigenvalue weighted by molar-refractivity contribution is -0.124. The number of amides is 1. The second-order valence-electron chi connectivity index (χ2n) is 6.24. The smallest absolute Gasteiger partial charge is 0.244 e. The van der Waals surface area contributed by atoms with E-state index >= 15 is 0 Å². The number of nitrogens with zero attached hydrogens (tertiary/aromatic N) is 1. The molecule has 1 heterocycles. The van der Waals surface area contributed by atoms with E-state index in [-0.39, 0.29) is 23.1 Å². The molecular formula is C19H20N2O4S. The van der Waals surface area contributed by atoms with E-state index in [1.807, 2.05) is 24.3 Å². The Balaban J connectivity index is 2.08. The number of hydrogen-bond acceptors (Lipinski definition) is 4. The maximum atomic E-state index is 13.2. The number of ketones is 1. The minimum absolute atomic E-state index is 0.0125. The predicted molar refractivity (Wildman–Crippen MR) is 97.2 cm³/mol. The fourth-order valence-electron chi connectivity index (χ4n) is 3.15. The van der Waals surface area contributed by atoms with E-state index < -0.39 is 16.1 Å². The zero-order chi connectivity index (χ0) is 18.9. The number of rotatable bonds is 4. The molecule has 0 fully saturated rings. The number of likely N-dealkylation sites (N-methyl/N-ethyl adjacent to an activating group) is 1. The zero-order valence-electron chi connectivity index (χ0n) is 14.6. The van der Waals surface area contributed by atoms with Crippen LogP contribution in [0.15, 0.2) is 53.4 Å². The van der Waals surface area contributed by atoms with Crippen LogP contribution in [0.3, 0.4) is 0 Å². The minimum Gasteiger partial charge on any atom is -0.358 e. The van der Waals surface area contributed by atoms with Crippen LogP contribution in [0.25, 0.3) is 0 Å². The van der Waals surface area contributed by atoms with E-state index in [0.717, 1.165) is 11.1 Å². The van der Waals surface area contributed by atoms with Crippen molar-refractivity contribution in [3.63, 3.8) is 0 Å². The average Bonchev–Trinajstić information content (AvgIpc) is 2.66. The number of nitrogens with one attached hydrogen (secondary N) is 1. The van der Waals surface area contributed by atoms with Crippen molar-refractivity contribution in [1.29, 1.82) is 0 Å². The molecular weight excluding hydrogens is 352 g/mol. The number of fused-ring (bicyclic) bond motifs is 1. The molecule has 0 aliphatic carbocycles. The Morgan fingerprint density at radius 1 is 1.08 bits per heavy atom. The van der Waals surface area contributed by atoms with Crippen LogP contribution < -0.4 is 5.32 Å². The molecule has 0 spiro atoms. The fraction of sp³-hybridized carbons (Fsp3) is 0.263. The molecule has 26 heavy (non-hydrogen) atoms. The maximum Gasteiger partial charge on any atom is 0.244 e. The van der Waals surface area contributed by atoms with Gasteiger partial charge < -0.3 is 5.32 Å². The highest BCUT2D eigenvalue weighted by atomic mass is 32.2. The van der Waals surface area contributed by atoms with Crippen molar-refractivity contribution in [2.75, 3.05) is 7.05 Å². The van der Waals surface area contributed by atoms with Crippen molar-refractivity contribution in [3.05, 3.63) is 65.2 Å². The Bertz CT molecular complexity index is 969. The van der Waals surface area contributed by atoms with Gasteiger partial charge in [-0.15, -0.1) is 0 Å². The van der Waals surface area contributed by atoms with Crippen molar-refractivity contribution in [2.24, 2.45) is 0 Å². The summed E-state index contributed by atoms with van der Waals surface area (Å²) >= 11 is 0. The summed E-state index contributed by atoms with van der Waals surface area (Å²) in [5.41, 5.74) is 2.16. The third kappa shape index (κ3) is 3.27. The van der Waals surface area contributed by atoms with Gasteiger partial charge in [0.2, 0.25) is 15.9 Å². The standard InChI is InChI=1S/C19H20N2O4S/c1-13(22)14-8-5-9-17(10-14)26(24,25)21-12-16-7-4-3-6-15(16)11-18(21)19(23)20-2/h3-10,18H,11-12H2,1-2H3,(H,20,23). The molecule has 2 aromatic carbocycles. The van der Waals surface area contributed by atoms with Gasteiger partial charge in [0.05, 0.1) is 4.90 Å². The molecule has 1 aliphatic heterocycles. The normalized spacial score (nSPS) is 17.4. The Kier molecular flexibility index (Phi) is 4.93. The summed E-state index contributed by atoms with van der Waals surface area (Å²) in [5.74, 6) is -0.570. The molecule has 6 nitrogen and oxygen atoms in total. The van der Waals surface area contributed by atoms with Crippen LogP contribution in [0, 0.1) is 0 Å². The first-order valence-corrected chi connectivity index (χ1v) is 9.70. The second kappa shape index (κ2) is 7.01. The van der Waals surface area contributed by atoms with Gasteiger partial charge >= 0.3 is 0 Å². The third-order valence-corrected chi connectivity index (χ3v) is 6.45. The fourth-order valence-corrected chi connectivity index (χ4v) is 4.76. The quantitative estimate of drug-likeness (QED) is 0.829. The second-order valence-corrected chi connectivity index (χ2v) is 8.13. The zero-order valence-corrected chi connectivity index (χ0v) is 15.4. The molecule has 1 atom stereocenters. The summed E-state index contributed by atoms with van der Waals surface area (Å²) in [5, 5.41) is 2.55. The molecule has 0 bridgehead atoms. The highest BCUT2D eigenvalue weighted by molar-refractivity contribution is 7.89. The van der Waals surface area contributed by atoms with Crippen LogP contribution >= 0.6 is 0 Å². The van der Waals surface area contributed by atoms with Gasteiger partial charge in [-0.25, -0.2) is 8.42 Å². The van der Waals surface area contributed by atoms with E-state index in [2.05, 4.69) is 5.32 Å². The Morgan fingerprint density at radius 3 is 2.42 bits per heavy atom. The summed E-state index contributed by atoms with van der Waals surface area (Å²) in [6, 6.07) is 12.6. The van der Waals surface area contributed by atoms with Gasteiger partial charge in [0, 0.05) is 19.2 Å². The predicted octanol–water partition coefficient (Wildman–Crippen LogP) is 1.75. The lowest BCUT2D eigenvalue weighted by atomic mass is 9.95. The number of Topliss-reactive ketones (excluding diaryl/α,β-unsaturated/α-hetero) is 1. The number of carbonyl (C=O) groups excluding carboxylic acids is 2. The van der Waals surface area contributed by atoms with Crippen LogP contribution in [0.2, 0.25) is 0 Å². The molecule has 2 aromatic rings. The molecule has 7 heteroatoms. The molecule has 0 radical (unpaired) electrons. The van der Waals surface area contributed by atoms with Gasteiger partial charge in [0.25, 0.3) is 0 Å². The third-order valence-electron chi connectivity index (χ3n) is 4.60. The van der Waals surface area contributed by atoms with E-state index in [1.54, 1.807) is 6.07 Å². The number of benzene rings is 2. The van der Waals surface area contributed by atoms with E-state index in [9.17, 15) is 18.0 Å². The Hall–Kier alpha value is -2.51. The van der Waals surface area contributed by atoms with Crippen LogP contribution in [0.4, 0.5) is 0 Å². The van der Waals surface area contributed by atoms with Crippen molar-refractivity contribution >= 4 is 21.7 Å². The minimum atomic E-state index is -3.94. The van der Waals surface area contributed by atoms with E-state index in [0.29, 0.717) is 12.0 Å². The molecule has 0 aromatic heterocycles. The van der Waals surface area contributed by atoms with E-state index in [1.165, 1.54) is 36.5 Å². The van der Waals surface area contributed by atoms with Crippen LogP contribution in [0.1, 0.15) is 28.4 Å². The Labute approximate surface area is 152 Å². The van der Waals surface area contributed by atoms with Crippen LogP contribution in [-0.4, -0.2) is 37.5 Å². The molecule has 0 saturated carbocycles. The lowest BCUT2D eigenvalue weighted by Gasteiger charge is -2.34. The van der Waals surface area contributed by atoms with Gasteiger partial charge in [0.15, 0.2) is 5.78 Å². The van der Waals surface area contributed by atoms with Gasteiger partial charge in [-0.05, 0) is 36.6 Å². The first-order valence-electron chi connectivity index (χ1n) is 8.26. The Morgan fingerprint density at radius 2 is 1.77 bits per heavy atom. The van der Waals surface area contributed by atoms with Crippen LogP contribution in [-0.2, 0) is 27.8 Å². The van der Waals surface area contributed by atoms with E-state index in [4.69, 9.17) is 0 Å². The van der Waals surface area contributed by atoms with Crippen molar-refractivity contribution in [1.82, 2.24) is 9.62 Å². The first kappa shape index (κ1) is 18.3. The molecule has 1 amide bonds. The summed E-state index contributed by atoms with van der Waals surface area (Å²) in [7, 11) is -2.45. The number of sulfonamides is 1. The number of carbonyl (C=O) groups is 2. The van der Waals surface area contributed by atoms with Crippen LogP contribution in [0.5, 0.6) is 0 Å². The summed E-state index contributed by atoms with van der Waals surface area (Å²) in [6.07, 6.45) is 0.307. The molecule has 136 valence electrons. The van der Waals surface area contributed by atoms with Crippen molar-refractivity contribution in [2.45, 2.75) is 30.8 Å². The summed E-state index contributed by atoms with van der Waals surface area (Å²) in [4.78, 5) is 24.0. The molecule has 1 unspecified atom stereocenters. The molecule has 1 N–H and O–H groups in total. The van der Waals surface area contributed by atoms with Gasteiger partial charge in [0.1, 0.15) is 6.04 Å². The maximum absolute atomic E-state index is 13.2. The SMILES string of the molecule is CNC(=O)C1Cc2ccccc2CN1S(=O)(=O)c1cccc(C(C)=O)c1. The van der Waals surface area contributed by atoms with Crippen molar-refractivity contribution in [3.8, 4) is 0 Å². The topological polar surface area (TPSA) is 83.6 Å². The lowest BCUT2D eigenvalue weighted by Crippen LogP contribution is -2.51. The van der Waals surface area contributed by atoms with Gasteiger partial charge in [-0.3, -0.25) is 9.59 Å². The van der Waals surface area contributed by atoms with Gasteiger partial charge in [-0.1, -0.05) is 36.4 Å². The largest absolute Gasteiger partial charge is 0.358 e. The highest BCUT2D eigenvalue weighted by Gasteiger charge is 2.39. The first-order chi connectivity index (χ1) is 12.3. The summed E-state index contributed by atoms with van der Waals surface area (Å²) < 4.78 is 27.7. The molecule has 1 aliphatic rings.